The summed E-state index contributed by atoms with van der Waals surface area (Å²) in [7, 11) is 1.54. The molecule has 13 heteroatoms. The van der Waals surface area contributed by atoms with Gasteiger partial charge in [0, 0.05) is 16.9 Å². The largest absolute Gasteiger partial charge is 0.573 e. The van der Waals surface area contributed by atoms with E-state index < -0.39 is 18.4 Å². The summed E-state index contributed by atoms with van der Waals surface area (Å²) in [6.07, 6.45) is -3.36. The number of methoxy groups -OCH3 is 1. The number of benzene rings is 3. The van der Waals surface area contributed by atoms with Gasteiger partial charge in [-0.05, 0) is 79.2 Å². The van der Waals surface area contributed by atoms with Crippen LogP contribution in [0.1, 0.15) is 5.56 Å². The molecular formula is C25H21F3N6O4. The number of carbonyl (C=O) groups is 2. The van der Waals surface area contributed by atoms with Crippen molar-refractivity contribution in [1.29, 1.82) is 0 Å². The van der Waals surface area contributed by atoms with Crippen molar-refractivity contribution < 1.29 is 32.2 Å². The van der Waals surface area contributed by atoms with Crippen molar-refractivity contribution in [3.63, 3.8) is 0 Å². The summed E-state index contributed by atoms with van der Waals surface area (Å²) in [6, 6.07) is 15.4. The molecule has 0 atom stereocenters. The molecule has 0 radical (unpaired) electrons. The Morgan fingerprint density at radius 2 is 1.55 bits per heavy atom. The zero-order valence-electron chi connectivity index (χ0n) is 20.0. The van der Waals surface area contributed by atoms with E-state index in [0.717, 1.165) is 5.56 Å². The van der Waals surface area contributed by atoms with Gasteiger partial charge in [0.05, 0.1) is 12.8 Å². The van der Waals surface area contributed by atoms with Gasteiger partial charge in [0.15, 0.2) is 5.82 Å². The summed E-state index contributed by atoms with van der Waals surface area (Å²) < 4.78 is 47.4. The summed E-state index contributed by atoms with van der Waals surface area (Å²) in [5, 5.41) is 11.7. The number of aromatic nitrogens is 3. The number of alkyl halides is 3. The molecule has 0 bridgehead atoms. The number of hydrogen-bond donors (Lipinski definition) is 3. The predicted molar refractivity (Wildman–Crippen MR) is 132 cm³/mol. The Balaban J connectivity index is 1.33. The normalized spacial score (nSPS) is 11.0. The first-order valence-corrected chi connectivity index (χ1v) is 11.0. The minimum Gasteiger partial charge on any atom is -0.497 e. The molecule has 4 rings (SSSR count). The number of urea groups is 2. The number of amides is 4. The zero-order valence-corrected chi connectivity index (χ0v) is 20.0. The number of imide groups is 1. The fraction of sp³-hybridized carbons (Fsp3) is 0.120. The first kappa shape index (κ1) is 26.0. The van der Waals surface area contributed by atoms with E-state index in [0.29, 0.717) is 34.2 Å². The quantitative estimate of drug-likeness (QED) is 0.305. The van der Waals surface area contributed by atoms with Gasteiger partial charge in [0.1, 0.15) is 17.8 Å². The zero-order chi connectivity index (χ0) is 27.3. The molecule has 0 aliphatic rings. The third-order valence-corrected chi connectivity index (χ3v) is 5.14. The minimum atomic E-state index is -4.77. The van der Waals surface area contributed by atoms with Crippen LogP contribution in [0, 0.1) is 6.92 Å². The standard InChI is InChI=1S/C25H21F3N6O4/c1-15-13-20(37-2)11-12-21(15)31-24(36)32-23(35)30-17-5-3-16(4-6-17)22-29-14-34(33-22)18-7-9-19(10-8-18)38-25(26,27)28/h3-14H,1-2H3,(H3,30,31,32,35,36). The number of hydrogen-bond acceptors (Lipinski definition) is 6. The van der Waals surface area contributed by atoms with Crippen molar-refractivity contribution in [3.8, 4) is 28.6 Å². The molecule has 4 aromatic rings. The highest BCUT2D eigenvalue weighted by atomic mass is 19.4. The summed E-state index contributed by atoms with van der Waals surface area (Å²) in [5.74, 6) is 0.651. The SMILES string of the molecule is COc1ccc(NC(=O)NC(=O)Nc2ccc(-c3ncn(-c4ccc(OC(F)(F)F)cc4)n3)cc2)c(C)c1. The highest BCUT2D eigenvalue weighted by molar-refractivity contribution is 6.05. The molecule has 196 valence electrons. The van der Waals surface area contributed by atoms with Crippen molar-refractivity contribution >= 4 is 23.4 Å². The molecule has 3 aromatic carbocycles. The molecule has 1 aromatic heterocycles. The van der Waals surface area contributed by atoms with Gasteiger partial charge in [0.2, 0.25) is 0 Å². The first-order chi connectivity index (χ1) is 18.1. The van der Waals surface area contributed by atoms with Crippen molar-refractivity contribution in [2.45, 2.75) is 13.3 Å². The van der Waals surface area contributed by atoms with Crippen molar-refractivity contribution in [3.05, 3.63) is 78.6 Å². The number of halogens is 3. The second kappa shape index (κ2) is 10.9. The number of nitrogens with one attached hydrogen (secondary N) is 3. The van der Waals surface area contributed by atoms with E-state index in [-0.39, 0.29) is 5.75 Å². The summed E-state index contributed by atoms with van der Waals surface area (Å²) in [5.41, 5.74) is 2.81. The Morgan fingerprint density at radius 1 is 0.895 bits per heavy atom. The molecule has 0 unspecified atom stereocenters. The molecule has 0 saturated carbocycles. The van der Waals surface area contributed by atoms with E-state index in [1.807, 2.05) is 0 Å². The van der Waals surface area contributed by atoms with Crippen molar-refractivity contribution in [2.75, 3.05) is 17.7 Å². The van der Waals surface area contributed by atoms with E-state index in [9.17, 15) is 22.8 Å². The van der Waals surface area contributed by atoms with Crippen LogP contribution in [0.15, 0.2) is 73.1 Å². The maximum absolute atomic E-state index is 12.3. The van der Waals surface area contributed by atoms with E-state index in [2.05, 4.69) is 30.8 Å². The van der Waals surface area contributed by atoms with Gasteiger partial charge in [0.25, 0.3) is 0 Å². The minimum absolute atomic E-state index is 0.345. The van der Waals surface area contributed by atoms with Gasteiger partial charge in [-0.2, -0.15) is 0 Å². The molecule has 0 aliphatic carbocycles. The van der Waals surface area contributed by atoms with E-state index in [4.69, 9.17) is 4.74 Å². The van der Waals surface area contributed by atoms with E-state index >= 15 is 0 Å². The second-order valence-corrected chi connectivity index (χ2v) is 7.85. The molecule has 3 N–H and O–H groups in total. The van der Waals surface area contributed by atoms with E-state index in [1.165, 1.54) is 42.4 Å². The lowest BCUT2D eigenvalue weighted by atomic mass is 10.2. The number of ether oxygens (including phenoxy) is 2. The third kappa shape index (κ3) is 6.78. The Bertz CT molecular complexity index is 1440. The lowest BCUT2D eigenvalue weighted by molar-refractivity contribution is -0.274. The third-order valence-electron chi connectivity index (χ3n) is 5.14. The molecular weight excluding hydrogens is 505 g/mol. The van der Waals surface area contributed by atoms with Gasteiger partial charge in [-0.15, -0.1) is 18.3 Å². The maximum Gasteiger partial charge on any atom is 0.573 e. The van der Waals surface area contributed by atoms with Gasteiger partial charge >= 0.3 is 18.4 Å². The lowest BCUT2D eigenvalue weighted by Crippen LogP contribution is -2.37. The first-order valence-electron chi connectivity index (χ1n) is 11.0. The van der Waals surface area contributed by atoms with Crippen LogP contribution in [0.2, 0.25) is 0 Å². The van der Waals surface area contributed by atoms with Crippen LogP contribution in [0.3, 0.4) is 0 Å². The molecule has 0 saturated heterocycles. The molecule has 1 heterocycles. The van der Waals surface area contributed by atoms with Gasteiger partial charge in [-0.1, -0.05) is 0 Å². The summed E-state index contributed by atoms with van der Waals surface area (Å²) in [4.78, 5) is 28.6. The number of aryl methyl sites for hydroxylation is 1. The molecule has 0 aliphatic heterocycles. The highest BCUT2D eigenvalue weighted by Crippen LogP contribution is 2.24. The van der Waals surface area contributed by atoms with Crippen LogP contribution in [0.5, 0.6) is 11.5 Å². The van der Waals surface area contributed by atoms with Crippen molar-refractivity contribution in [2.24, 2.45) is 0 Å². The molecule has 4 amide bonds. The number of nitrogens with zero attached hydrogens (tertiary/aromatic N) is 3. The maximum atomic E-state index is 12.3. The lowest BCUT2D eigenvalue weighted by Gasteiger charge is -2.11. The van der Waals surface area contributed by atoms with Gasteiger partial charge in [-0.25, -0.2) is 19.3 Å². The second-order valence-electron chi connectivity index (χ2n) is 7.85. The van der Waals surface area contributed by atoms with Gasteiger partial charge in [-0.3, -0.25) is 5.32 Å². The average molecular weight is 526 g/mol. The van der Waals surface area contributed by atoms with Crippen LogP contribution in [0.4, 0.5) is 34.1 Å². The van der Waals surface area contributed by atoms with Gasteiger partial charge < -0.3 is 20.1 Å². The Hall–Kier alpha value is -5.07. The fourth-order valence-electron chi connectivity index (χ4n) is 3.35. The summed E-state index contributed by atoms with van der Waals surface area (Å²) >= 11 is 0. The molecule has 0 spiro atoms. The van der Waals surface area contributed by atoms with E-state index in [1.54, 1.807) is 49.4 Å². The summed E-state index contributed by atoms with van der Waals surface area (Å²) in [6.45, 7) is 1.79. The average Bonchev–Trinajstić information content (AvgIpc) is 3.35. The smallest absolute Gasteiger partial charge is 0.497 e. The molecule has 0 fully saturated rings. The van der Waals surface area contributed by atoms with Crippen molar-refractivity contribution in [1.82, 2.24) is 20.1 Å². The Morgan fingerprint density at radius 3 is 2.18 bits per heavy atom. The van der Waals surface area contributed by atoms with Crippen LogP contribution >= 0.6 is 0 Å². The Labute approximate surface area is 214 Å². The van der Waals surface area contributed by atoms with Crippen LogP contribution in [-0.4, -0.2) is 40.3 Å². The highest BCUT2D eigenvalue weighted by Gasteiger charge is 2.31. The number of rotatable bonds is 6. The number of carbonyl (C=O) groups excluding carboxylic acids is 2. The topological polar surface area (TPSA) is 119 Å². The molecule has 10 nitrogen and oxygen atoms in total. The fourth-order valence-corrected chi connectivity index (χ4v) is 3.35. The van der Waals surface area contributed by atoms with Crippen LogP contribution in [-0.2, 0) is 0 Å². The monoisotopic (exact) mass is 526 g/mol. The molecule has 38 heavy (non-hydrogen) atoms. The predicted octanol–water partition coefficient (Wildman–Crippen LogP) is 5.50. The van der Waals surface area contributed by atoms with Crippen LogP contribution in [0.25, 0.3) is 17.1 Å². The van der Waals surface area contributed by atoms with Crippen LogP contribution < -0.4 is 25.4 Å². The Kier molecular flexibility index (Phi) is 7.46. The number of anilines is 2.